The Morgan fingerprint density at radius 2 is 2.00 bits per heavy atom. The van der Waals surface area contributed by atoms with E-state index in [4.69, 9.17) is 5.11 Å². The quantitative estimate of drug-likeness (QED) is 0.778. The van der Waals surface area contributed by atoms with Crippen LogP contribution in [-0.2, 0) is 0 Å². The van der Waals surface area contributed by atoms with E-state index in [1.807, 2.05) is 35.6 Å². The molecule has 2 aromatic heterocycles. The van der Waals surface area contributed by atoms with Crippen molar-refractivity contribution in [3.63, 3.8) is 0 Å². The summed E-state index contributed by atoms with van der Waals surface area (Å²) in [5, 5.41) is 9.12. The van der Waals surface area contributed by atoms with E-state index < -0.39 is 5.97 Å². The van der Waals surface area contributed by atoms with E-state index in [1.165, 1.54) is 0 Å². The lowest BCUT2D eigenvalue weighted by molar-refractivity contribution is 0.0696. The third-order valence-electron chi connectivity index (χ3n) is 3.18. The fourth-order valence-electron chi connectivity index (χ4n) is 2.20. The molecule has 0 saturated carbocycles. The van der Waals surface area contributed by atoms with Crippen molar-refractivity contribution in [3.05, 3.63) is 58.3 Å². The van der Waals surface area contributed by atoms with Crippen LogP contribution in [-0.4, -0.2) is 20.5 Å². The van der Waals surface area contributed by atoms with Gasteiger partial charge in [-0.15, -0.1) is 0 Å². The molecule has 3 aromatic rings. The van der Waals surface area contributed by atoms with Crippen LogP contribution < -0.4 is 0 Å². The second-order valence-electron chi connectivity index (χ2n) is 4.48. The minimum Gasteiger partial charge on any atom is -0.478 e. The molecular weight excluding hydrogens is 320 g/mol. The molecule has 100 valence electrons. The number of pyridine rings is 1. The summed E-state index contributed by atoms with van der Waals surface area (Å²) < 4.78 is 2.74. The highest BCUT2D eigenvalue weighted by molar-refractivity contribution is 9.10. The van der Waals surface area contributed by atoms with E-state index in [0.29, 0.717) is 0 Å². The molecule has 20 heavy (non-hydrogen) atoms. The minimum atomic E-state index is -0.948. The summed E-state index contributed by atoms with van der Waals surface area (Å²) in [5.74, 6) is -0.218. The Bertz CT molecular complexity index is 824. The Morgan fingerprint density at radius 1 is 1.25 bits per heavy atom. The smallest absolute Gasteiger partial charge is 0.337 e. The summed E-state index contributed by atoms with van der Waals surface area (Å²) >= 11 is 3.51. The zero-order valence-corrected chi connectivity index (χ0v) is 12.3. The first-order valence-corrected chi connectivity index (χ1v) is 6.84. The van der Waals surface area contributed by atoms with Gasteiger partial charge in [0.15, 0.2) is 0 Å². The number of halogens is 1. The number of hydrogen-bond acceptors (Lipinski definition) is 2. The van der Waals surface area contributed by atoms with Crippen LogP contribution in [0.5, 0.6) is 0 Å². The van der Waals surface area contributed by atoms with Crippen LogP contribution in [0.2, 0.25) is 0 Å². The second kappa shape index (κ2) is 4.76. The summed E-state index contributed by atoms with van der Waals surface area (Å²) in [4.78, 5) is 15.7. The van der Waals surface area contributed by atoms with Crippen molar-refractivity contribution in [2.75, 3.05) is 0 Å². The van der Waals surface area contributed by atoms with Gasteiger partial charge in [0.1, 0.15) is 5.82 Å². The number of carboxylic acids is 1. The van der Waals surface area contributed by atoms with Crippen LogP contribution in [0, 0.1) is 6.92 Å². The van der Waals surface area contributed by atoms with Crippen molar-refractivity contribution in [2.24, 2.45) is 0 Å². The van der Waals surface area contributed by atoms with Gasteiger partial charge >= 0.3 is 5.97 Å². The van der Waals surface area contributed by atoms with E-state index in [9.17, 15) is 4.79 Å². The number of aromatic nitrogens is 2. The predicted molar refractivity (Wildman–Crippen MR) is 80.0 cm³/mol. The lowest BCUT2D eigenvalue weighted by atomic mass is 10.2. The van der Waals surface area contributed by atoms with Crippen molar-refractivity contribution >= 4 is 27.4 Å². The van der Waals surface area contributed by atoms with Crippen molar-refractivity contribution in [1.29, 1.82) is 0 Å². The number of aryl methyl sites for hydroxylation is 1. The number of carbonyl (C=O) groups is 1. The van der Waals surface area contributed by atoms with Crippen molar-refractivity contribution < 1.29 is 9.90 Å². The molecule has 0 spiro atoms. The second-order valence-corrected chi connectivity index (χ2v) is 5.33. The van der Waals surface area contributed by atoms with Gasteiger partial charge in [-0.2, -0.15) is 0 Å². The summed E-state index contributed by atoms with van der Waals surface area (Å²) in [7, 11) is 0. The lowest BCUT2D eigenvalue weighted by Gasteiger charge is -2.04. The number of rotatable bonds is 2. The molecule has 0 aliphatic carbocycles. The number of imidazole rings is 1. The fraction of sp³-hybridized carbons (Fsp3) is 0.0667. The average Bonchev–Trinajstić information content (AvgIpc) is 2.76. The van der Waals surface area contributed by atoms with Gasteiger partial charge in [0.25, 0.3) is 0 Å². The first-order chi connectivity index (χ1) is 9.58. The van der Waals surface area contributed by atoms with Gasteiger partial charge < -0.3 is 5.11 Å². The normalized spacial score (nSPS) is 10.9. The van der Waals surface area contributed by atoms with Crippen molar-refractivity contribution in [3.8, 4) is 11.4 Å². The summed E-state index contributed by atoms with van der Waals surface area (Å²) in [6, 6.07) is 11.1. The number of aromatic carboxylic acids is 1. The van der Waals surface area contributed by atoms with Crippen LogP contribution in [0.4, 0.5) is 0 Å². The van der Waals surface area contributed by atoms with E-state index in [1.54, 1.807) is 18.3 Å². The molecule has 0 radical (unpaired) electrons. The topological polar surface area (TPSA) is 54.6 Å². The van der Waals surface area contributed by atoms with Crippen molar-refractivity contribution in [1.82, 2.24) is 9.38 Å². The molecule has 2 heterocycles. The molecule has 0 saturated heterocycles. The Hall–Kier alpha value is -2.14. The zero-order valence-electron chi connectivity index (χ0n) is 10.7. The Morgan fingerprint density at radius 3 is 2.70 bits per heavy atom. The highest BCUT2D eigenvalue weighted by Gasteiger charge is 2.14. The monoisotopic (exact) mass is 330 g/mol. The Kier molecular flexibility index (Phi) is 3.06. The SMILES string of the molecule is Cc1nc(-c2ccccc2Br)n2cc(C(=O)O)ccc12. The fourth-order valence-corrected chi connectivity index (χ4v) is 2.66. The first-order valence-electron chi connectivity index (χ1n) is 6.05. The average molecular weight is 331 g/mol. The standard InChI is InChI=1S/C15H11BrN2O2/c1-9-13-7-6-10(15(19)20)8-18(13)14(17-9)11-4-2-3-5-12(11)16/h2-8H,1H3,(H,19,20). The van der Waals surface area contributed by atoms with Crippen LogP contribution in [0.15, 0.2) is 47.1 Å². The van der Waals surface area contributed by atoms with Gasteiger partial charge in [0.2, 0.25) is 0 Å². The summed E-state index contributed by atoms with van der Waals surface area (Å²) in [5.41, 5.74) is 2.94. The maximum absolute atomic E-state index is 11.1. The molecule has 1 aromatic carbocycles. The first kappa shape index (κ1) is 12.9. The number of nitrogens with zero attached hydrogens (tertiary/aromatic N) is 2. The molecule has 0 amide bonds. The van der Waals surface area contributed by atoms with Crippen molar-refractivity contribution in [2.45, 2.75) is 6.92 Å². The van der Waals surface area contributed by atoms with Gasteiger partial charge in [-0.1, -0.05) is 34.1 Å². The minimum absolute atomic E-state index is 0.239. The van der Waals surface area contributed by atoms with Crippen LogP contribution >= 0.6 is 15.9 Å². The van der Waals surface area contributed by atoms with Gasteiger partial charge in [-0.3, -0.25) is 4.40 Å². The maximum atomic E-state index is 11.1. The lowest BCUT2D eigenvalue weighted by Crippen LogP contribution is -1.99. The molecule has 0 unspecified atom stereocenters. The van der Waals surface area contributed by atoms with E-state index >= 15 is 0 Å². The van der Waals surface area contributed by atoms with Gasteiger partial charge in [-0.25, -0.2) is 9.78 Å². The third-order valence-corrected chi connectivity index (χ3v) is 3.87. The Labute approximate surface area is 123 Å². The Balaban J connectivity index is 2.33. The van der Waals surface area contributed by atoms with Gasteiger partial charge in [0, 0.05) is 16.2 Å². The summed E-state index contributed by atoms with van der Waals surface area (Å²) in [6.45, 7) is 1.91. The highest BCUT2D eigenvalue weighted by Crippen LogP contribution is 2.29. The molecule has 4 nitrogen and oxygen atoms in total. The molecule has 3 rings (SSSR count). The number of carboxylic acid groups (broad SMARTS) is 1. The van der Waals surface area contributed by atoms with Crippen LogP contribution in [0.3, 0.4) is 0 Å². The molecular formula is C15H11BrN2O2. The highest BCUT2D eigenvalue weighted by atomic mass is 79.9. The van der Waals surface area contributed by atoms with Crippen LogP contribution in [0.1, 0.15) is 16.1 Å². The number of fused-ring (bicyclic) bond motifs is 1. The van der Waals surface area contributed by atoms with E-state index in [2.05, 4.69) is 20.9 Å². The molecule has 0 fully saturated rings. The zero-order chi connectivity index (χ0) is 14.3. The molecule has 0 aliphatic heterocycles. The number of benzene rings is 1. The molecule has 0 atom stereocenters. The largest absolute Gasteiger partial charge is 0.478 e. The number of hydrogen-bond donors (Lipinski definition) is 1. The predicted octanol–water partition coefficient (Wildman–Crippen LogP) is 3.77. The van der Waals surface area contributed by atoms with Crippen LogP contribution in [0.25, 0.3) is 16.9 Å². The maximum Gasteiger partial charge on any atom is 0.337 e. The summed E-state index contributed by atoms with van der Waals surface area (Å²) in [6.07, 6.45) is 1.60. The molecule has 0 aliphatic rings. The molecule has 1 N–H and O–H groups in total. The van der Waals surface area contributed by atoms with E-state index in [-0.39, 0.29) is 5.56 Å². The van der Waals surface area contributed by atoms with Gasteiger partial charge in [0.05, 0.1) is 16.8 Å². The van der Waals surface area contributed by atoms with Gasteiger partial charge in [-0.05, 0) is 25.1 Å². The molecule has 0 bridgehead atoms. The third kappa shape index (κ3) is 2.00. The van der Waals surface area contributed by atoms with E-state index in [0.717, 1.165) is 27.1 Å². The molecule has 5 heteroatoms.